The Hall–Kier alpha value is -5.03. The number of ether oxygens (including phenoxy) is 1. The fourth-order valence-electron chi connectivity index (χ4n) is 6.70. The lowest BCUT2D eigenvalue weighted by atomic mass is 9.75. The molecule has 0 spiro atoms. The number of aromatic amines is 2. The molecule has 256 valence electrons. The molecule has 0 fully saturated rings. The Morgan fingerprint density at radius 3 is 2.76 bits per heavy atom. The van der Waals surface area contributed by atoms with Crippen LogP contribution in [-0.4, -0.2) is 61.6 Å². The number of nitrogens with one attached hydrogen (secondary N) is 2. The first-order valence-corrected chi connectivity index (χ1v) is 16.6. The van der Waals surface area contributed by atoms with Crippen molar-refractivity contribution in [2.45, 2.75) is 69.8 Å². The molecule has 6 rings (SSSR count). The van der Waals surface area contributed by atoms with Crippen molar-refractivity contribution in [1.82, 2.24) is 19.9 Å². The third kappa shape index (κ3) is 7.36. The number of carboxylic acids is 1. The van der Waals surface area contributed by atoms with Gasteiger partial charge in [-0.1, -0.05) is 43.5 Å². The summed E-state index contributed by atoms with van der Waals surface area (Å²) >= 11 is 0. The van der Waals surface area contributed by atoms with Gasteiger partial charge in [0.15, 0.2) is 11.6 Å². The van der Waals surface area contributed by atoms with Crippen molar-refractivity contribution in [1.29, 1.82) is 0 Å². The zero-order valence-corrected chi connectivity index (χ0v) is 27.6. The number of nitrogens with zero attached hydrogens (tertiary/aromatic N) is 2. The van der Waals surface area contributed by atoms with Crippen LogP contribution in [-0.2, 0) is 27.8 Å². The number of hydrogen-bond donors (Lipinski definition) is 4. The Bertz CT molecular complexity index is 1990. The summed E-state index contributed by atoms with van der Waals surface area (Å²) in [6, 6.07) is 15.0. The zero-order chi connectivity index (χ0) is 34.7. The van der Waals surface area contributed by atoms with Crippen LogP contribution in [0.15, 0.2) is 67.0 Å². The van der Waals surface area contributed by atoms with Gasteiger partial charge in [-0.25, -0.2) is 13.8 Å². The number of aliphatic hydroxyl groups excluding tert-OH is 1. The van der Waals surface area contributed by atoms with Crippen LogP contribution in [0.4, 0.5) is 8.78 Å². The largest absolute Gasteiger partial charge is 0.481 e. The molecule has 0 radical (unpaired) electrons. The van der Waals surface area contributed by atoms with Gasteiger partial charge in [0.25, 0.3) is 0 Å². The summed E-state index contributed by atoms with van der Waals surface area (Å²) in [5, 5.41) is 20.7. The fourth-order valence-corrected chi connectivity index (χ4v) is 6.70. The van der Waals surface area contributed by atoms with Gasteiger partial charge >= 0.3 is 5.97 Å². The van der Waals surface area contributed by atoms with Gasteiger partial charge in [-0.15, -0.1) is 0 Å². The van der Waals surface area contributed by atoms with Crippen molar-refractivity contribution in [2.24, 2.45) is 0 Å². The van der Waals surface area contributed by atoms with Crippen LogP contribution < -0.4 is 4.74 Å². The topological polar surface area (TPSA) is 132 Å². The van der Waals surface area contributed by atoms with Crippen molar-refractivity contribution >= 4 is 22.8 Å². The van der Waals surface area contributed by atoms with Gasteiger partial charge in [0, 0.05) is 66.0 Å². The third-order valence-corrected chi connectivity index (χ3v) is 9.59. The summed E-state index contributed by atoms with van der Waals surface area (Å²) in [6.07, 6.45) is 6.39. The molecule has 0 saturated carbocycles. The molecule has 11 heteroatoms. The Morgan fingerprint density at radius 2 is 1.94 bits per heavy atom. The number of likely N-dealkylation sites (N-methyl/N-ethyl adjacent to an activating group) is 1. The Balaban J connectivity index is 1.42. The molecule has 4 bridgehead atoms. The summed E-state index contributed by atoms with van der Waals surface area (Å²) in [4.78, 5) is 37.0. The van der Waals surface area contributed by atoms with E-state index in [2.05, 4.69) is 21.9 Å². The average Bonchev–Trinajstić information content (AvgIpc) is 3.76. The third-order valence-electron chi connectivity index (χ3n) is 9.59. The number of aryl methyl sites for hydroxylation is 1. The van der Waals surface area contributed by atoms with Crippen LogP contribution in [0, 0.1) is 11.6 Å². The predicted molar refractivity (Wildman–Crippen MR) is 182 cm³/mol. The Labute approximate surface area is 283 Å². The van der Waals surface area contributed by atoms with Crippen LogP contribution in [0.1, 0.15) is 67.8 Å². The molecular formula is C38H40F2N4O5. The number of carboxylic acid groups (broad SMARTS) is 1. The zero-order valence-electron chi connectivity index (χ0n) is 27.6. The highest BCUT2D eigenvalue weighted by Gasteiger charge is 2.32. The Morgan fingerprint density at radius 1 is 1.10 bits per heavy atom. The molecule has 5 aromatic rings. The predicted octanol–water partition coefficient (Wildman–Crippen LogP) is 7.28. The second kappa shape index (κ2) is 14.2. The first-order chi connectivity index (χ1) is 23.5. The summed E-state index contributed by atoms with van der Waals surface area (Å²) in [5.74, 6) is -2.13. The lowest BCUT2D eigenvalue weighted by molar-refractivity contribution is -0.137. The number of aliphatic hydroxyl groups is 1. The van der Waals surface area contributed by atoms with Gasteiger partial charge in [0.05, 0.1) is 18.1 Å². The van der Waals surface area contributed by atoms with E-state index < -0.39 is 29.1 Å². The average molecular weight is 671 g/mol. The highest BCUT2D eigenvalue weighted by Crippen LogP contribution is 2.40. The smallest absolute Gasteiger partial charge is 0.303 e. The molecule has 1 aliphatic heterocycles. The van der Waals surface area contributed by atoms with E-state index in [1.807, 2.05) is 24.3 Å². The number of aliphatic carboxylic acids is 1. The lowest BCUT2D eigenvalue weighted by Gasteiger charge is -2.30. The normalized spacial score (nSPS) is 19.3. The summed E-state index contributed by atoms with van der Waals surface area (Å²) in [6.45, 7) is 2.21. The minimum absolute atomic E-state index is 0.0135. The molecule has 3 heterocycles. The van der Waals surface area contributed by atoms with Crippen molar-refractivity contribution in [3.05, 3.63) is 101 Å². The molecular weight excluding hydrogens is 630 g/mol. The minimum Gasteiger partial charge on any atom is -0.481 e. The quantitative estimate of drug-likeness (QED) is 0.159. The van der Waals surface area contributed by atoms with E-state index in [4.69, 9.17) is 4.74 Å². The van der Waals surface area contributed by atoms with Crippen LogP contribution in [0.5, 0.6) is 11.5 Å². The number of aromatic nitrogens is 3. The number of benzene rings is 3. The molecule has 0 saturated heterocycles. The van der Waals surface area contributed by atoms with Gasteiger partial charge < -0.3 is 29.8 Å². The van der Waals surface area contributed by atoms with Gasteiger partial charge in [-0.3, -0.25) is 9.59 Å². The van der Waals surface area contributed by atoms with Crippen molar-refractivity contribution in [3.63, 3.8) is 0 Å². The minimum atomic E-state index is -0.868. The van der Waals surface area contributed by atoms with E-state index in [9.17, 15) is 19.8 Å². The molecule has 4 N–H and O–H groups in total. The van der Waals surface area contributed by atoms with E-state index in [0.29, 0.717) is 35.7 Å². The number of imidazole rings is 1. The maximum absolute atomic E-state index is 15.6. The highest BCUT2D eigenvalue weighted by molar-refractivity contribution is 5.91. The summed E-state index contributed by atoms with van der Waals surface area (Å²) in [7, 11) is 1.62. The maximum Gasteiger partial charge on any atom is 0.303 e. The number of rotatable bonds is 4. The first kappa shape index (κ1) is 33.9. The molecule has 1 aliphatic rings. The molecule has 1 amide bonds. The number of carbonyl (C=O) groups excluding carboxylic acids is 1. The van der Waals surface area contributed by atoms with E-state index in [1.165, 1.54) is 29.2 Å². The van der Waals surface area contributed by atoms with Crippen LogP contribution >= 0.6 is 0 Å². The number of H-pyrrole nitrogens is 2. The molecule has 2 aromatic heterocycles. The number of β-amino-alcohol motifs (C(OH)–C–C–N with tert-alkyl or cyclic N) is 1. The molecule has 2 atom stereocenters. The fraction of sp³-hybridized carbons (Fsp3) is 0.342. The number of fused-ring (bicyclic) bond motifs is 8. The first-order valence-electron chi connectivity index (χ1n) is 16.6. The number of amides is 1. The molecule has 49 heavy (non-hydrogen) atoms. The molecule has 0 aliphatic carbocycles. The number of carbonyl (C=O) groups is 2. The standard InChI is InChI=1S/C38H40F2N4O5/c1-38(24-8-6-7-23(17-24)10-13-35(47)48)15-5-3-4-9-25(45)22-44(2)34(46)19-28-27-14-16-41-32(27)20-31(40)36(28)49-26-11-12-30(39)29(18-26)37-42-21-33(38)43-37/h6-8,11-12,14,16-18,20-21,25,41,45H,3-5,9-10,13,15,19,22H2,1-2H3,(H,42,43)(H,47,48). The maximum atomic E-state index is 15.6. The van der Waals surface area contributed by atoms with E-state index in [1.54, 1.807) is 25.5 Å². The SMILES string of the molecule is CN1CC(O)CCCCCC(C)(c2cccc(CCC(=O)O)c2)c2cnc([nH]2)-c2cc(ccc2F)Oc2c(F)cc3[nH]ccc3c2CC1=O. The van der Waals surface area contributed by atoms with E-state index in [0.717, 1.165) is 36.1 Å². The number of halogens is 2. The second-order valence-corrected chi connectivity index (χ2v) is 13.1. The monoisotopic (exact) mass is 670 g/mol. The van der Waals surface area contributed by atoms with E-state index >= 15 is 8.78 Å². The van der Waals surface area contributed by atoms with Crippen molar-refractivity contribution < 1.29 is 33.3 Å². The van der Waals surface area contributed by atoms with Crippen LogP contribution in [0.2, 0.25) is 0 Å². The molecule has 2 unspecified atom stereocenters. The molecule has 3 aromatic carbocycles. The summed E-state index contributed by atoms with van der Waals surface area (Å²) in [5.41, 5.74) is 3.00. The van der Waals surface area contributed by atoms with Crippen molar-refractivity contribution in [3.8, 4) is 22.9 Å². The number of hydrogen-bond acceptors (Lipinski definition) is 5. The van der Waals surface area contributed by atoms with Gasteiger partial charge in [-0.2, -0.15) is 0 Å². The Kier molecular flexibility index (Phi) is 9.82. The molecule has 9 nitrogen and oxygen atoms in total. The highest BCUT2D eigenvalue weighted by atomic mass is 19.1. The summed E-state index contributed by atoms with van der Waals surface area (Å²) < 4.78 is 37.2. The van der Waals surface area contributed by atoms with Gasteiger partial charge in [0.2, 0.25) is 5.91 Å². The van der Waals surface area contributed by atoms with E-state index in [-0.39, 0.29) is 48.2 Å². The van der Waals surface area contributed by atoms with Gasteiger partial charge in [0.1, 0.15) is 17.4 Å². The van der Waals surface area contributed by atoms with Crippen LogP contribution in [0.25, 0.3) is 22.3 Å². The lowest BCUT2D eigenvalue weighted by Crippen LogP contribution is -2.35. The second-order valence-electron chi connectivity index (χ2n) is 13.1. The van der Waals surface area contributed by atoms with Crippen LogP contribution in [0.3, 0.4) is 0 Å². The van der Waals surface area contributed by atoms with Gasteiger partial charge in [-0.05, 0) is 61.6 Å². The van der Waals surface area contributed by atoms with Crippen molar-refractivity contribution in [2.75, 3.05) is 13.6 Å².